The molecule has 0 bridgehead atoms. The molecule has 0 atom stereocenters. The van der Waals surface area contributed by atoms with Gasteiger partial charge < -0.3 is 9.73 Å². The predicted molar refractivity (Wildman–Crippen MR) is 78.5 cm³/mol. The molecule has 21 heavy (non-hydrogen) atoms. The van der Waals surface area contributed by atoms with Gasteiger partial charge in [0.2, 0.25) is 5.82 Å². The highest BCUT2D eigenvalue weighted by atomic mass is 35.5. The van der Waals surface area contributed by atoms with Gasteiger partial charge in [-0.3, -0.25) is 10.1 Å². The molecule has 0 radical (unpaired) electrons. The van der Waals surface area contributed by atoms with Crippen LogP contribution in [0.4, 0.5) is 11.5 Å². The molecule has 1 N–H and O–H groups in total. The van der Waals surface area contributed by atoms with Crippen LogP contribution in [0.25, 0.3) is 22.4 Å². The minimum Gasteiger partial charge on any atom is -0.454 e. The lowest BCUT2D eigenvalue weighted by molar-refractivity contribution is -0.383. The molecule has 0 aliphatic rings. The number of furan rings is 1. The van der Waals surface area contributed by atoms with Crippen molar-refractivity contribution < 1.29 is 9.34 Å². The van der Waals surface area contributed by atoms with E-state index in [4.69, 9.17) is 16.0 Å². The summed E-state index contributed by atoms with van der Waals surface area (Å²) in [5.41, 5.74) is 0.463. The summed E-state index contributed by atoms with van der Waals surface area (Å²) in [6.07, 6.45) is 1.24. The molecule has 0 aliphatic carbocycles. The average Bonchev–Trinajstić information content (AvgIpc) is 2.89. The minimum absolute atomic E-state index is 0.117. The smallest absolute Gasteiger partial charge is 0.340 e. The molecule has 0 saturated heterocycles. The third-order valence-corrected chi connectivity index (χ3v) is 3.19. The molecule has 0 amide bonds. The van der Waals surface area contributed by atoms with Gasteiger partial charge >= 0.3 is 5.69 Å². The van der Waals surface area contributed by atoms with E-state index in [0.29, 0.717) is 10.6 Å². The van der Waals surface area contributed by atoms with E-state index < -0.39 is 4.92 Å². The first-order valence-corrected chi connectivity index (χ1v) is 6.34. The number of benzene rings is 1. The molecular formula is C13H9ClN4O3. The average molecular weight is 305 g/mol. The van der Waals surface area contributed by atoms with Gasteiger partial charge in [0.15, 0.2) is 11.5 Å². The molecule has 1 aromatic carbocycles. The van der Waals surface area contributed by atoms with Gasteiger partial charge in [-0.1, -0.05) is 11.6 Å². The largest absolute Gasteiger partial charge is 0.454 e. The van der Waals surface area contributed by atoms with Gasteiger partial charge in [-0.2, -0.15) is 0 Å². The van der Waals surface area contributed by atoms with Gasteiger partial charge in [-0.05, 0) is 24.3 Å². The first kappa shape index (κ1) is 13.3. The molecule has 2 heterocycles. The fourth-order valence-electron chi connectivity index (χ4n) is 2.05. The summed E-state index contributed by atoms with van der Waals surface area (Å²) in [6.45, 7) is 0. The Balaban J connectivity index is 2.24. The summed E-state index contributed by atoms with van der Waals surface area (Å²) >= 11 is 5.92. The molecule has 0 fully saturated rings. The third-order valence-electron chi connectivity index (χ3n) is 2.95. The predicted octanol–water partition coefficient (Wildman–Crippen LogP) is 3.49. The van der Waals surface area contributed by atoms with Crippen LogP contribution < -0.4 is 5.32 Å². The Labute approximate surface area is 123 Å². The summed E-state index contributed by atoms with van der Waals surface area (Å²) in [4.78, 5) is 18.5. The Morgan fingerprint density at radius 3 is 2.86 bits per heavy atom. The molecule has 2 aromatic heterocycles. The molecule has 0 spiro atoms. The SMILES string of the molecule is CNc1ncnc(-c2cc3cc(Cl)ccc3o2)c1[N+](=O)[O-]. The van der Waals surface area contributed by atoms with Crippen LogP contribution >= 0.6 is 11.6 Å². The zero-order chi connectivity index (χ0) is 15.0. The fourth-order valence-corrected chi connectivity index (χ4v) is 2.23. The number of fused-ring (bicyclic) bond motifs is 1. The number of nitro groups is 1. The molecule has 8 heteroatoms. The maximum Gasteiger partial charge on any atom is 0.340 e. The van der Waals surface area contributed by atoms with E-state index in [2.05, 4.69) is 15.3 Å². The van der Waals surface area contributed by atoms with E-state index in [9.17, 15) is 10.1 Å². The van der Waals surface area contributed by atoms with E-state index in [-0.39, 0.29) is 23.0 Å². The Morgan fingerprint density at radius 1 is 1.33 bits per heavy atom. The van der Waals surface area contributed by atoms with Crippen molar-refractivity contribution in [1.29, 1.82) is 0 Å². The molecule has 106 valence electrons. The van der Waals surface area contributed by atoms with Gasteiger partial charge in [-0.15, -0.1) is 0 Å². The lowest BCUT2D eigenvalue weighted by Gasteiger charge is -2.03. The summed E-state index contributed by atoms with van der Waals surface area (Å²) in [5.74, 6) is 0.418. The molecular weight excluding hydrogens is 296 g/mol. The highest BCUT2D eigenvalue weighted by molar-refractivity contribution is 6.31. The molecule has 0 saturated carbocycles. The van der Waals surface area contributed by atoms with Crippen LogP contribution in [0, 0.1) is 10.1 Å². The quantitative estimate of drug-likeness (QED) is 0.588. The van der Waals surface area contributed by atoms with Crippen molar-refractivity contribution in [3.8, 4) is 11.5 Å². The second kappa shape index (κ2) is 5.02. The highest BCUT2D eigenvalue weighted by Crippen LogP contribution is 2.36. The second-order valence-corrected chi connectivity index (χ2v) is 4.66. The molecule has 0 aliphatic heterocycles. The topological polar surface area (TPSA) is 94.1 Å². The second-order valence-electron chi connectivity index (χ2n) is 4.22. The van der Waals surface area contributed by atoms with Crippen LogP contribution in [0.2, 0.25) is 5.02 Å². The number of halogens is 1. The van der Waals surface area contributed by atoms with E-state index in [1.54, 1.807) is 31.3 Å². The van der Waals surface area contributed by atoms with E-state index in [1.165, 1.54) is 6.33 Å². The zero-order valence-electron chi connectivity index (χ0n) is 10.8. The number of nitrogens with one attached hydrogen (secondary N) is 1. The number of hydrogen-bond acceptors (Lipinski definition) is 6. The lowest BCUT2D eigenvalue weighted by Crippen LogP contribution is -2.02. The number of anilines is 1. The van der Waals surface area contributed by atoms with E-state index in [0.717, 1.165) is 5.39 Å². The van der Waals surface area contributed by atoms with Crippen molar-refractivity contribution in [3.05, 3.63) is 45.7 Å². The normalized spacial score (nSPS) is 10.8. The van der Waals surface area contributed by atoms with Crippen LogP contribution in [-0.2, 0) is 0 Å². The van der Waals surface area contributed by atoms with E-state index >= 15 is 0 Å². The Hall–Kier alpha value is -2.67. The Bertz CT molecular complexity index is 847. The Kier molecular flexibility index (Phi) is 3.19. The molecule has 3 rings (SSSR count). The number of aromatic nitrogens is 2. The zero-order valence-corrected chi connectivity index (χ0v) is 11.6. The number of rotatable bonds is 3. The summed E-state index contributed by atoms with van der Waals surface area (Å²) in [7, 11) is 1.55. The van der Waals surface area contributed by atoms with Crippen molar-refractivity contribution in [2.75, 3.05) is 12.4 Å². The van der Waals surface area contributed by atoms with Crippen LogP contribution in [-0.4, -0.2) is 21.9 Å². The van der Waals surface area contributed by atoms with Gasteiger partial charge in [0.05, 0.1) is 4.92 Å². The fraction of sp³-hybridized carbons (Fsp3) is 0.0769. The molecule has 0 unspecified atom stereocenters. The Morgan fingerprint density at radius 2 is 2.14 bits per heavy atom. The third kappa shape index (κ3) is 2.27. The molecule has 3 aromatic rings. The van der Waals surface area contributed by atoms with Crippen LogP contribution in [0.15, 0.2) is 35.0 Å². The van der Waals surface area contributed by atoms with Crippen LogP contribution in [0.3, 0.4) is 0 Å². The van der Waals surface area contributed by atoms with Crippen molar-refractivity contribution in [2.24, 2.45) is 0 Å². The van der Waals surface area contributed by atoms with Crippen molar-refractivity contribution in [3.63, 3.8) is 0 Å². The first-order valence-electron chi connectivity index (χ1n) is 5.96. The highest BCUT2D eigenvalue weighted by Gasteiger charge is 2.25. The van der Waals surface area contributed by atoms with E-state index in [1.807, 2.05) is 0 Å². The van der Waals surface area contributed by atoms with Crippen molar-refractivity contribution in [2.45, 2.75) is 0 Å². The van der Waals surface area contributed by atoms with Crippen LogP contribution in [0.1, 0.15) is 0 Å². The summed E-state index contributed by atoms with van der Waals surface area (Å²) in [5, 5.41) is 15.2. The summed E-state index contributed by atoms with van der Waals surface area (Å²) in [6, 6.07) is 6.77. The van der Waals surface area contributed by atoms with Gasteiger partial charge in [0.1, 0.15) is 11.9 Å². The maximum atomic E-state index is 11.3. The van der Waals surface area contributed by atoms with Gasteiger partial charge in [0, 0.05) is 17.5 Å². The van der Waals surface area contributed by atoms with Gasteiger partial charge in [-0.25, -0.2) is 9.97 Å². The summed E-state index contributed by atoms with van der Waals surface area (Å²) < 4.78 is 5.62. The first-order chi connectivity index (χ1) is 10.1. The minimum atomic E-state index is -0.540. The number of hydrogen-bond donors (Lipinski definition) is 1. The lowest BCUT2D eigenvalue weighted by atomic mass is 10.2. The maximum absolute atomic E-state index is 11.3. The van der Waals surface area contributed by atoms with Gasteiger partial charge in [0.25, 0.3) is 0 Å². The van der Waals surface area contributed by atoms with Crippen LogP contribution in [0.5, 0.6) is 0 Å². The number of nitrogens with zero attached hydrogens (tertiary/aromatic N) is 3. The van der Waals surface area contributed by atoms with Crippen molar-refractivity contribution >= 4 is 34.1 Å². The molecule has 7 nitrogen and oxygen atoms in total. The van der Waals surface area contributed by atoms with Crippen molar-refractivity contribution in [1.82, 2.24) is 9.97 Å². The monoisotopic (exact) mass is 304 g/mol. The standard InChI is InChI=1S/C13H9ClN4O3/c1-15-13-12(18(19)20)11(16-6-17-13)10-5-7-4-8(14)2-3-9(7)21-10/h2-6H,1H3,(H,15,16,17).